The number of hydrogen-bond acceptors (Lipinski definition) is 5. The van der Waals surface area contributed by atoms with Gasteiger partial charge in [-0.1, -0.05) is 0 Å². The minimum atomic E-state index is -1.02. The van der Waals surface area contributed by atoms with E-state index in [0.29, 0.717) is 6.07 Å². The van der Waals surface area contributed by atoms with Crippen LogP contribution >= 0.6 is 0 Å². The number of nitrogens with one attached hydrogen (secondary N) is 1. The van der Waals surface area contributed by atoms with Gasteiger partial charge >= 0.3 is 12.1 Å². The summed E-state index contributed by atoms with van der Waals surface area (Å²) in [5.74, 6) is -3.26. The minimum Gasteiger partial charge on any atom is -0.465 e. The SMILES string of the molecule is CCOC(=O)CN(CCCNC(=O)OC(C)(C)C)C(=O)c1ccc(F)cc1F. The van der Waals surface area contributed by atoms with E-state index in [2.05, 4.69) is 5.32 Å². The quantitative estimate of drug-likeness (QED) is 0.536. The van der Waals surface area contributed by atoms with Crippen molar-refractivity contribution in [1.82, 2.24) is 10.2 Å². The zero-order chi connectivity index (χ0) is 21.3. The molecular weight excluding hydrogens is 374 g/mol. The van der Waals surface area contributed by atoms with Gasteiger partial charge in [0.15, 0.2) is 0 Å². The second-order valence-corrected chi connectivity index (χ2v) is 6.94. The lowest BCUT2D eigenvalue weighted by Gasteiger charge is -2.23. The van der Waals surface area contributed by atoms with E-state index in [4.69, 9.17) is 9.47 Å². The Morgan fingerprint density at radius 2 is 1.86 bits per heavy atom. The van der Waals surface area contributed by atoms with Crippen LogP contribution in [0.15, 0.2) is 18.2 Å². The molecule has 156 valence electrons. The lowest BCUT2D eigenvalue weighted by atomic mass is 10.1. The van der Waals surface area contributed by atoms with E-state index in [1.807, 2.05) is 0 Å². The summed E-state index contributed by atoms with van der Waals surface area (Å²) in [5.41, 5.74) is -0.998. The van der Waals surface area contributed by atoms with Crippen LogP contribution in [0.2, 0.25) is 0 Å². The van der Waals surface area contributed by atoms with Gasteiger partial charge in [-0.15, -0.1) is 0 Å². The molecule has 0 aromatic heterocycles. The molecule has 0 saturated carbocycles. The third kappa shape index (κ3) is 8.32. The molecule has 1 rings (SSSR count). The zero-order valence-corrected chi connectivity index (χ0v) is 16.5. The monoisotopic (exact) mass is 400 g/mol. The Labute approximate surface area is 163 Å². The fourth-order valence-corrected chi connectivity index (χ4v) is 2.22. The van der Waals surface area contributed by atoms with Gasteiger partial charge in [-0.05, 0) is 46.2 Å². The highest BCUT2D eigenvalue weighted by molar-refractivity contribution is 5.96. The first-order valence-corrected chi connectivity index (χ1v) is 8.90. The maximum Gasteiger partial charge on any atom is 0.407 e. The number of amides is 2. The fraction of sp³-hybridized carbons (Fsp3) is 0.526. The Kier molecular flexibility index (Phi) is 8.81. The van der Waals surface area contributed by atoms with Crippen molar-refractivity contribution in [3.8, 4) is 0 Å². The van der Waals surface area contributed by atoms with Gasteiger partial charge in [-0.25, -0.2) is 13.6 Å². The predicted molar refractivity (Wildman–Crippen MR) is 97.7 cm³/mol. The van der Waals surface area contributed by atoms with E-state index in [1.54, 1.807) is 27.7 Å². The third-order valence-electron chi connectivity index (χ3n) is 3.35. The number of hydrogen-bond donors (Lipinski definition) is 1. The molecule has 0 radical (unpaired) electrons. The van der Waals surface area contributed by atoms with Crippen molar-refractivity contribution in [3.05, 3.63) is 35.4 Å². The van der Waals surface area contributed by atoms with Gasteiger partial charge in [0.25, 0.3) is 5.91 Å². The van der Waals surface area contributed by atoms with Crippen LogP contribution in [0.1, 0.15) is 44.5 Å². The Hall–Kier alpha value is -2.71. The van der Waals surface area contributed by atoms with Gasteiger partial charge in [-0.2, -0.15) is 0 Å². The Morgan fingerprint density at radius 1 is 1.18 bits per heavy atom. The number of benzene rings is 1. The third-order valence-corrected chi connectivity index (χ3v) is 3.35. The van der Waals surface area contributed by atoms with Crippen LogP contribution in [0.3, 0.4) is 0 Å². The van der Waals surface area contributed by atoms with E-state index in [-0.39, 0.29) is 31.7 Å². The molecule has 0 fully saturated rings. The number of esters is 1. The number of carbonyl (C=O) groups is 3. The molecule has 0 spiro atoms. The summed E-state index contributed by atoms with van der Waals surface area (Å²) in [6.45, 7) is 6.75. The number of alkyl carbamates (subject to hydrolysis) is 1. The average Bonchev–Trinajstić information content (AvgIpc) is 2.55. The summed E-state index contributed by atoms with van der Waals surface area (Å²) >= 11 is 0. The summed E-state index contributed by atoms with van der Waals surface area (Å²) in [6, 6.07) is 2.58. The largest absolute Gasteiger partial charge is 0.465 e. The molecule has 0 unspecified atom stereocenters. The molecule has 0 aliphatic heterocycles. The van der Waals surface area contributed by atoms with Crippen LogP contribution in [0.5, 0.6) is 0 Å². The van der Waals surface area contributed by atoms with Crippen molar-refractivity contribution in [1.29, 1.82) is 0 Å². The van der Waals surface area contributed by atoms with Crippen molar-refractivity contribution >= 4 is 18.0 Å². The first-order chi connectivity index (χ1) is 13.0. The number of halogens is 2. The highest BCUT2D eigenvalue weighted by atomic mass is 19.1. The van der Waals surface area contributed by atoms with Gasteiger partial charge in [-0.3, -0.25) is 9.59 Å². The van der Waals surface area contributed by atoms with Crippen LogP contribution in [0.25, 0.3) is 0 Å². The Morgan fingerprint density at radius 3 is 2.43 bits per heavy atom. The van der Waals surface area contributed by atoms with Crippen LogP contribution in [0, 0.1) is 11.6 Å². The average molecular weight is 400 g/mol. The number of ether oxygens (including phenoxy) is 2. The van der Waals surface area contributed by atoms with Crippen LogP contribution in [0.4, 0.5) is 13.6 Å². The lowest BCUT2D eigenvalue weighted by molar-refractivity contribution is -0.143. The summed E-state index contributed by atoms with van der Waals surface area (Å²) in [4.78, 5) is 37.1. The topological polar surface area (TPSA) is 84.9 Å². The van der Waals surface area contributed by atoms with Gasteiger partial charge < -0.3 is 19.7 Å². The molecule has 7 nitrogen and oxygen atoms in total. The lowest BCUT2D eigenvalue weighted by Crippen LogP contribution is -2.39. The number of carbonyl (C=O) groups excluding carboxylic acids is 3. The van der Waals surface area contributed by atoms with Crippen molar-refractivity contribution < 1.29 is 32.6 Å². The Balaban J connectivity index is 2.73. The second-order valence-electron chi connectivity index (χ2n) is 6.94. The van der Waals surface area contributed by atoms with E-state index in [9.17, 15) is 23.2 Å². The molecule has 1 aromatic rings. The van der Waals surface area contributed by atoms with Crippen LogP contribution in [-0.4, -0.2) is 54.7 Å². The Bertz CT molecular complexity index is 704. The maximum absolute atomic E-state index is 13.9. The molecule has 0 heterocycles. The molecule has 1 N–H and O–H groups in total. The van der Waals surface area contributed by atoms with Crippen molar-refractivity contribution in [2.75, 3.05) is 26.2 Å². The number of rotatable bonds is 8. The van der Waals surface area contributed by atoms with Crippen LogP contribution < -0.4 is 5.32 Å². The highest BCUT2D eigenvalue weighted by Crippen LogP contribution is 2.13. The molecule has 0 saturated heterocycles. The zero-order valence-electron chi connectivity index (χ0n) is 16.5. The van der Waals surface area contributed by atoms with Gasteiger partial charge in [0.1, 0.15) is 23.8 Å². The summed E-state index contributed by atoms with van der Waals surface area (Å²) in [5, 5.41) is 2.53. The molecule has 1 aromatic carbocycles. The predicted octanol–water partition coefficient (Wildman–Crippen LogP) is 2.88. The fourth-order valence-electron chi connectivity index (χ4n) is 2.22. The van der Waals surface area contributed by atoms with E-state index in [0.717, 1.165) is 17.0 Å². The normalized spacial score (nSPS) is 10.9. The summed E-state index contributed by atoms with van der Waals surface area (Å²) < 4.78 is 36.9. The maximum atomic E-state index is 13.9. The molecule has 28 heavy (non-hydrogen) atoms. The molecule has 0 aliphatic rings. The molecule has 0 atom stereocenters. The van der Waals surface area contributed by atoms with Crippen molar-refractivity contribution in [2.24, 2.45) is 0 Å². The van der Waals surface area contributed by atoms with Gasteiger partial charge in [0.2, 0.25) is 0 Å². The summed E-state index contributed by atoms with van der Waals surface area (Å²) in [7, 11) is 0. The van der Waals surface area contributed by atoms with Gasteiger partial charge in [0, 0.05) is 19.2 Å². The molecular formula is C19H26F2N2O5. The van der Waals surface area contributed by atoms with E-state index < -0.39 is 41.7 Å². The van der Waals surface area contributed by atoms with E-state index >= 15 is 0 Å². The van der Waals surface area contributed by atoms with Crippen molar-refractivity contribution in [3.63, 3.8) is 0 Å². The molecule has 0 bridgehead atoms. The first kappa shape index (κ1) is 23.3. The van der Waals surface area contributed by atoms with E-state index in [1.165, 1.54) is 0 Å². The molecule has 2 amide bonds. The second kappa shape index (κ2) is 10.6. The molecule has 9 heteroatoms. The minimum absolute atomic E-state index is 0.0459. The van der Waals surface area contributed by atoms with Gasteiger partial charge in [0.05, 0.1) is 12.2 Å². The van der Waals surface area contributed by atoms with Crippen molar-refractivity contribution in [2.45, 2.75) is 39.7 Å². The summed E-state index contributed by atoms with van der Waals surface area (Å²) in [6.07, 6.45) is -0.326. The number of nitrogens with zero attached hydrogens (tertiary/aromatic N) is 1. The first-order valence-electron chi connectivity index (χ1n) is 8.90. The highest BCUT2D eigenvalue weighted by Gasteiger charge is 2.22. The smallest absolute Gasteiger partial charge is 0.407 e. The molecule has 0 aliphatic carbocycles. The standard InChI is InChI=1S/C19H26F2N2O5/c1-5-27-16(24)12-23(10-6-9-22-18(26)28-19(2,3)4)17(25)14-8-7-13(20)11-15(14)21/h7-8,11H,5-6,9-10,12H2,1-4H3,(H,22,26). The van der Waals surface area contributed by atoms with Crippen LogP contribution in [-0.2, 0) is 14.3 Å².